The normalized spacial score (nSPS) is 14.5. The van der Waals surface area contributed by atoms with Gasteiger partial charge in [0.2, 0.25) is 0 Å². The van der Waals surface area contributed by atoms with Gasteiger partial charge in [0, 0.05) is 34.9 Å². The Hall–Kier alpha value is -0.370. The molecule has 0 saturated carbocycles. The number of nitrogens with two attached hydrogens (primary N) is 1. The molecule has 0 fully saturated rings. The number of rotatable bonds is 4. The molecule has 0 heterocycles. The molecule has 0 aliphatic rings. The Balaban J connectivity index is 2.81. The zero-order valence-electron chi connectivity index (χ0n) is 9.09. The average Bonchev–Trinajstić information content (AvgIpc) is 2.12. The van der Waals surface area contributed by atoms with Gasteiger partial charge in [0.1, 0.15) is 5.82 Å². The molecule has 2 atom stereocenters. The first-order valence-corrected chi connectivity index (χ1v) is 7.52. The van der Waals surface area contributed by atoms with E-state index in [1.807, 2.05) is 29.5 Å². The molecule has 0 aliphatic carbocycles. The first-order valence-electron chi connectivity index (χ1n) is 4.71. The molecule has 0 bridgehead atoms. The van der Waals surface area contributed by atoms with Gasteiger partial charge in [-0.1, -0.05) is 0 Å². The van der Waals surface area contributed by atoms with Crippen molar-refractivity contribution >= 4 is 44.8 Å². The van der Waals surface area contributed by atoms with Crippen LogP contribution in [0, 0.1) is 9.39 Å². The van der Waals surface area contributed by atoms with E-state index >= 15 is 0 Å². The van der Waals surface area contributed by atoms with Crippen LogP contribution in [0.1, 0.15) is 6.92 Å². The van der Waals surface area contributed by atoms with Gasteiger partial charge < -0.3 is 11.1 Å². The van der Waals surface area contributed by atoms with E-state index in [-0.39, 0.29) is 11.9 Å². The fourth-order valence-electron chi connectivity index (χ4n) is 1.35. The summed E-state index contributed by atoms with van der Waals surface area (Å²) < 4.78 is 24.8. The van der Waals surface area contributed by atoms with E-state index in [2.05, 4.69) is 5.32 Å². The van der Waals surface area contributed by atoms with Crippen molar-refractivity contribution in [3.8, 4) is 0 Å². The second-order valence-corrected chi connectivity index (χ2v) is 6.28. The molecule has 0 aliphatic heterocycles. The molecule has 0 spiro atoms. The first-order chi connectivity index (χ1) is 7.40. The van der Waals surface area contributed by atoms with Crippen LogP contribution in [0.5, 0.6) is 0 Å². The molecule has 6 heteroatoms. The summed E-state index contributed by atoms with van der Waals surface area (Å²) in [4.78, 5) is 0. The fraction of sp³-hybridized carbons (Fsp3) is 0.400. The Bertz CT molecular complexity index is 414. The lowest BCUT2D eigenvalue weighted by Crippen LogP contribution is -2.23. The molecule has 90 valence electrons. The molecular formula is C10H14FIN2OS. The third kappa shape index (κ3) is 3.89. The Kier molecular flexibility index (Phi) is 4.97. The molecule has 2 unspecified atom stereocenters. The van der Waals surface area contributed by atoms with Crippen molar-refractivity contribution in [2.75, 3.05) is 23.1 Å². The van der Waals surface area contributed by atoms with E-state index in [9.17, 15) is 8.60 Å². The lowest BCUT2D eigenvalue weighted by atomic mass is 10.2. The van der Waals surface area contributed by atoms with Crippen LogP contribution in [0.4, 0.5) is 15.8 Å². The second kappa shape index (κ2) is 5.81. The van der Waals surface area contributed by atoms with Gasteiger partial charge in [-0.05, 0) is 35.6 Å². The first kappa shape index (κ1) is 13.7. The summed E-state index contributed by atoms with van der Waals surface area (Å²) in [6, 6.07) is 2.94. The lowest BCUT2D eigenvalue weighted by Gasteiger charge is -2.16. The van der Waals surface area contributed by atoms with Gasteiger partial charge in [-0.3, -0.25) is 4.21 Å². The summed E-state index contributed by atoms with van der Waals surface area (Å²) in [5.74, 6) is 0.203. The smallest absolute Gasteiger partial charge is 0.138 e. The molecule has 0 radical (unpaired) electrons. The van der Waals surface area contributed by atoms with Crippen molar-refractivity contribution in [3.63, 3.8) is 0 Å². The summed E-state index contributed by atoms with van der Waals surface area (Å²) in [5.41, 5.74) is 6.81. The van der Waals surface area contributed by atoms with Crippen LogP contribution in [-0.2, 0) is 10.8 Å². The molecule has 0 amide bonds. The van der Waals surface area contributed by atoms with Crippen LogP contribution in [0.2, 0.25) is 0 Å². The van der Waals surface area contributed by atoms with Crippen molar-refractivity contribution in [1.29, 1.82) is 0 Å². The summed E-state index contributed by atoms with van der Waals surface area (Å²) in [6.45, 7) is 1.89. The SMILES string of the molecule is CC(CS(C)=O)Nc1cc(F)c(I)cc1N. The Morgan fingerprint density at radius 3 is 2.81 bits per heavy atom. The van der Waals surface area contributed by atoms with E-state index in [0.29, 0.717) is 20.7 Å². The van der Waals surface area contributed by atoms with E-state index in [0.717, 1.165) is 0 Å². The molecule has 3 nitrogen and oxygen atoms in total. The Morgan fingerprint density at radius 1 is 1.62 bits per heavy atom. The van der Waals surface area contributed by atoms with Crippen molar-refractivity contribution < 1.29 is 8.60 Å². The number of halogens is 2. The van der Waals surface area contributed by atoms with Crippen LogP contribution >= 0.6 is 22.6 Å². The Morgan fingerprint density at radius 2 is 2.25 bits per heavy atom. The maximum Gasteiger partial charge on any atom is 0.138 e. The Labute approximate surface area is 111 Å². The van der Waals surface area contributed by atoms with Crippen LogP contribution in [0.15, 0.2) is 12.1 Å². The van der Waals surface area contributed by atoms with Crippen molar-refractivity contribution in [2.24, 2.45) is 0 Å². The predicted octanol–water partition coefficient (Wildman–Crippen LogP) is 2.19. The fourth-order valence-corrected chi connectivity index (χ4v) is 2.63. The quantitative estimate of drug-likeness (QED) is 0.642. The molecular weight excluding hydrogens is 342 g/mol. The third-order valence-corrected chi connectivity index (χ3v) is 3.78. The summed E-state index contributed by atoms with van der Waals surface area (Å²) in [6.07, 6.45) is 1.63. The minimum atomic E-state index is -0.884. The van der Waals surface area contributed by atoms with E-state index < -0.39 is 10.8 Å². The van der Waals surface area contributed by atoms with E-state index in [1.165, 1.54) is 6.07 Å². The van der Waals surface area contributed by atoms with Crippen molar-refractivity contribution in [1.82, 2.24) is 0 Å². The number of anilines is 2. The maximum absolute atomic E-state index is 13.3. The van der Waals surface area contributed by atoms with Crippen molar-refractivity contribution in [2.45, 2.75) is 13.0 Å². The number of nitrogen functional groups attached to an aromatic ring is 1. The highest BCUT2D eigenvalue weighted by Crippen LogP contribution is 2.24. The van der Waals surface area contributed by atoms with Crippen LogP contribution in [0.3, 0.4) is 0 Å². The highest BCUT2D eigenvalue weighted by Gasteiger charge is 2.09. The molecule has 0 aromatic heterocycles. The number of hydrogen-bond donors (Lipinski definition) is 2. The van der Waals surface area contributed by atoms with Crippen LogP contribution in [0.25, 0.3) is 0 Å². The minimum absolute atomic E-state index is 0.00686. The highest BCUT2D eigenvalue weighted by molar-refractivity contribution is 14.1. The zero-order valence-corrected chi connectivity index (χ0v) is 12.1. The minimum Gasteiger partial charge on any atom is -0.397 e. The second-order valence-electron chi connectivity index (χ2n) is 3.64. The van der Waals surface area contributed by atoms with Crippen LogP contribution < -0.4 is 11.1 Å². The number of hydrogen-bond acceptors (Lipinski definition) is 3. The standard InChI is InChI=1S/C10H14FIN2OS/c1-6(5-16(2)15)14-10-3-7(11)8(12)4-9(10)13/h3-4,6,14H,5,13H2,1-2H3. The number of nitrogens with one attached hydrogen (secondary N) is 1. The largest absolute Gasteiger partial charge is 0.397 e. The van der Waals surface area contributed by atoms with Gasteiger partial charge >= 0.3 is 0 Å². The van der Waals surface area contributed by atoms with Gasteiger partial charge in [-0.25, -0.2) is 4.39 Å². The molecule has 0 saturated heterocycles. The predicted molar refractivity (Wildman–Crippen MR) is 75.5 cm³/mol. The molecule has 1 aromatic rings. The van der Waals surface area contributed by atoms with Gasteiger partial charge in [-0.2, -0.15) is 0 Å². The summed E-state index contributed by atoms with van der Waals surface area (Å²) >= 11 is 1.89. The summed E-state index contributed by atoms with van der Waals surface area (Å²) in [5, 5.41) is 3.05. The molecule has 16 heavy (non-hydrogen) atoms. The zero-order chi connectivity index (χ0) is 12.3. The third-order valence-electron chi connectivity index (χ3n) is 1.98. The molecule has 3 N–H and O–H groups in total. The van der Waals surface area contributed by atoms with Gasteiger partial charge in [0.15, 0.2) is 0 Å². The maximum atomic E-state index is 13.3. The molecule has 1 aromatic carbocycles. The van der Waals surface area contributed by atoms with E-state index in [4.69, 9.17) is 5.73 Å². The topological polar surface area (TPSA) is 55.1 Å². The lowest BCUT2D eigenvalue weighted by molar-refractivity contribution is 0.621. The molecule has 1 rings (SSSR count). The van der Waals surface area contributed by atoms with Crippen LogP contribution in [-0.4, -0.2) is 22.3 Å². The van der Waals surface area contributed by atoms with E-state index in [1.54, 1.807) is 12.3 Å². The van der Waals surface area contributed by atoms with Crippen molar-refractivity contribution in [3.05, 3.63) is 21.5 Å². The highest BCUT2D eigenvalue weighted by atomic mass is 127. The monoisotopic (exact) mass is 356 g/mol. The average molecular weight is 356 g/mol. The van der Waals surface area contributed by atoms with Gasteiger partial charge in [0.25, 0.3) is 0 Å². The summed E-state index contributed by atoms with van der Waals surface area (Å²) in [7, 11) is -0.884. The number of benzene rings is 1. The van der Waals surface area contributed by atoms with Gasteiger partial charge in [0.05, 0.1) is 14.9 Å². The van der Waals surface area contributed by atoms with Gasteiger partial charge in [-0.15, -0.1) is 0 Å².